The zero-order chi connectivity index (χ0) is 27.7. The van der Waals surface area contributed by atoms with Gasteiger partial charge in [-0.05, 0) is 37.6 Å². The van der Waals surface area contributed by atoms with Gasteiger partial charge in [0.2, 0.25) is 11.8 Å². The number of piperazine rings is 1. The van der Waals surface area contributed by atoms with Gasteiger partial charge in [0.1, 0.15) is 5.65 Å². The van der Waals surface area contributed by atoms with Gasteiger partial charge in [0.25, 0.3) is 5.89 Å². The minimum Gasteiger partial charge on any atom is -0.465 e. The Morgan fingerprint density at radius 1 is 1.13 bits per heavy atom. The Labute approximate surface area is 230 Å². The third-order valence-corrected chi connectivity index (χ3v) is 7.29. The average Bonchev–Trinajstić information content (AvgIpc) is 3.57. The Morgan fingerprint density at radius 2 is 1.85 bits per heavy atom. The molecule has 2 N–H and O–H groups in total. The summed E-state index contributed by atoms with van der Waals surface area (Å²) in [5, 5.41) is 19.4. The van der Waals surface area contributed by atoms with E-state index in [0.29, 0.717) is 43.0 Å². The SMILES string of the molecule is Cc1nnc(-c2cnc3[nH]ccc3c2N2CCN(C(=O)C(CN(C(=O)O)C(C)C)c3ccc(Cl)cc3)CC2)o1. The highest BCUT2D eigenvalue weighted by atomic mass is 35.5. The molecule has 204 valence electrons. The van der Waals surface area contributed by atoms with Crippen LogP contribution in [0.4, 0.5) is 10.5 Å². The van der Waals surface area contributed by atoms with E-state index in [9.17, 15) is 14.7 Å². The number of aromatic nitrogens is 4. The topological polar surface area (TPSA) is 132 Å². The lowest BCUT2D eigenvalue weighted by molar-refractivity contribution is -0.133. The van der Waals surface area contributed by atoms with Crippen LogP contribution in [0.25, 0.3) is 22.5 Å². The average molecular weight is 552 g/mol. The van der Waals surface area contributed by atoms with Gasteiger partial charge in [0.15, 0.2) is 0 Å². The third kappa shape index (κ3) is 5.40. The number of hydrogen-bond acceptors (Lipinski definition) is 7. The minimum atomic E-state index is -1.06. The summed E-state index contributed by atoms with van der Waals surface area (Å²) in [4.78, 5) is 38.8. The number of hydrogen-bond donors (Lipinski definition) is 2. The summed E-state index contributed by atoms with van der Waals surface area (Å²) in [7, 11) is 0. The Bertz CT molecular complexity index is 1480. The van der Waals surface area contributed by atoms with Crippen LogP contribution in [0, 0.1) is 6.92 Å². The number of benzene rings is 1. The first-order valence-electron chi connectivity index (χ1n) is 12.8. The zero-order valence-electron chi connectivity index (χ0n) is 22.0. The molecule has 5 rings (SSSR count). The second-order valence-electron chi connectivity index (χ2n) is 9.83. The van der Waals surface area contributed by atoms with E-state index in [1.165, 1.54) is 4.90 Å². The number of halogens is 1. The van der Waals surface area contributed by atoms with E-state index in [0.717, 1.165) is 27.8 Å². The van der Waals surface area contributed by atoms with Crippen molar-refractivity contribution in [3.63, 3.8) is 0 Å². The number of pyridine rings is 1. The maximum Gasteiger partial charge on any atom is 0.407 e. The van der Waals surface area contributed by atoms with Crippen molar-refractivity contribution >= 4 is 40.3 Å². The monoisotopic (exact) mass is 551 g/mol. The lowest BCUT2D eigenvalue weighted by Gasteiger charge is -2.39. The number of nitrogens with zero attached hydrogens (tertiary/aromatic N) is 6. The van der Waals surface area contributed by atoms with Crippen LogP contribution >= 0.6 is 11.6 Å². The maximum absolute atomic E-state index is 13.9. The Morgan fingerprint density at radius 3 is 2.46 bits per heavy atom. The molecule has 0 bridgehead atoms. The van der Waals surface area contributed by atoms with Gasteiger partial charge in [0, 0.05) is 68.5 Å². The molecular formula is C27H30ClN7O4. The summed E-state index contributed by atoms with van der Waals surface area (Å²) < 4.78 is 5.72. The van der Waals surface area contributed by atoms with E-state index >= 15 is 0 Å². The minimum absolute atomic E-state index is 0.0582. The molecular weight excluding hydrogens is 522 g/mol. The molecule has 0 spiro atoms. The van der Waals surface area contributed by atoms with Crippen molar-refractivity contribution in [2.45, 2.75) is 32.7 Å². The first-order valence-corrected chi connectivity index (χ1v) is 13.2. The number of nitrogens with one attached hydrogen (secondary N) is 1. The molecule has 0 saturated carbocycles. The fourth-order valence-corrected chi connectivity index (χ4v) is 5.12. The number of aromatic amines is 1. The molecule has 1 aliphatic rings. The van der Waals surface area contributed by atoms with E-state index in [1.54, 1.807) is 51.2 Å². The summed E-state index contributed by atoms with van der Waals surface area (Å²) in [6.45, 7) is 7.47. The molecule has 1 aliphatic heterocycles. The molecule has 3 aromatic heterocycles. The van der Waals surface area contributed by atoms with Crippen LogP contribution in [-0.2, 0) is 4.79 Å². The van der Waals surface area contributed by atoms with Crippen LogP contribution in [0.2, 0.25) is 5.02 Å². The summed E-state index contributed by atoms with van der Waals surface area (Å²) in [6.07, 6.45) is 2.50. The fourth-order valence-electron chi connectivity index (χ4n) is 4.99. The van der Waals surface area contributed by atoms with Crippen LogP contribution in [0.15, 0.2) is 47.1 Å². The molecule has 0 radical (unpaired) electrons. The van der Waals surface area contributed by atoms with E-state index in [-0.39, 0.29) is 18.5 Å². The fraction of sp³-hybridized carbons (Fsp3) is 0.370. The zero-order valence-corrected chi connectivity index (χ0v) is 22.7. The van der Waals surface area contributed by atoms with Crippen molar-refractivity contribution in [2.75, 3.05) is 37.6 Å². The van der Waals surface area contributed by atoms with Crippen molar-refractivity contribution in [1.82, 2.24) is 30.0 Å². The first kappa shape index (κ1) is 26.5. The Balaban J connectivity index is 1.40. The van der Waals surface area contributed by atoms with E-state index in [1.807, 2.05) is 17.2 Å². The number of carbonyl (C=O) groups is 2. The first-order chi connectivity index (χ1) is 18.7. The quantitative estimate of drug-likeness (QED) is 0.345. The number of fused-ring (bicyclic) bond motifs is 1. The van der Waals surface area contributed by atoms with Crippen LogP contribution in [-0.4, -0.2) is 85.8 Å². The van der Waals surface area contributed by atoms with Gasteiger partial charge >= 0.3 is 6.09 Å². The van der Waals surface area contributed by atoms with Gasteiger partial charge < -0.3 is 29.2 Å². The predicted octanol–water partition coefficient (Wildman–Crippen LogP) is 4.40. The highest BCUT2D eigenvalue weighted by Crippen LogP contribution is 2.36. The lowest BCUT2D eigenvalue weighted by Crippen LogP contribution is -2.52. The molecule has 4 heterocycles. The largest absolute Gasteiger partial charge is 0.465 e. The number of anilines is 1. The third-order valence-electron chi connectivity index (χ3n) is 7.04. The Kier molecular flexibility index (Phi) is 7.42. The van der Waals surface area contributed by atoms with E-state index in [2.05, 4.69) is 25.1 Å². The normalized spacial score (nSPS) is 14.7. The highest BCUT2D eigenvalue weighted by molar-refractivity contribution is 6.30. The van der Waals surface area contributed by atoms with Gasteiger partial charge in [-0.15, -0.1) is 10.2 Å². The molecule has 1 saturated heterocycles. The molecule has 0 aliphatic carbocycles. The van der Waals surface area contributed by atoms with Gasteiger partial charge in [0.05, 0.1) is 17.2 Å². The summed E-state index contributed by atoms with van der Waals surface area (Å²) in [5.41, 5.74) is 3.13. The smallest absolute Gasteiger partial charge is 0.407 e. The molecule has 1 atom stereocenters. The standard InChI is InChI=1S/C27H30ClN7O4/c1-16(2)35(27(37)38)15-22(18-4-6-19(28)7-5-18)26(36)34-12-10-33(11-13-34)23-20-8-9-29-24(20)30-14-21(23)25-32-31-17(3)39-25/h4-9,14,16,22H,10-13,15H2,1-3H3,(H,29,30)(H,37,38). The second kappa shape index (κ2) is 10.9. The molecule has 2 amide bonds. The highest BCUT2D eigenvalue weighted by Gasteiger charge is 2.33. The van der Waals surface area contributed by atoms with Crippen LogP contribution < -0.4 is 4.90 Å². The van der Waals surface area contributed by atoms with Crippen LogP contribution in [0.3, 0.4) is 0 Å². The number of aryl methyl sites for hydroxylation is 1. The molecule has 1 unspecified atom stereocenters. The van der Waals surface area contributed by atoms with Crippen molar-refractivity contribution in [3.05, 3.63) is 59.2 Å². The lowest BCUT2D eigenvalue weighted by atomic mass is 9.96. The van der Waals surface area contributed by atoms with E-state index in [4.69, 9.17) is 16.0 Å². The number of rotatable bonds is 7. The summed E-state index contributed by atoms with van der Waals surface area (Å²) >= 11 is 6.09. The molecule has 1 aromatic carbocycles. The van der Waals surface area contributed by atoms with Crippen molar-refractivity contribution in [3.8, 4) is 11.5 Å². The molecule has 12 heteroatoms. The number of carbonyl (C=O) groups excluding carboxylic acids is 1. The number of carboxylic acid groups (broad SMARTS) is 1. The summed E-state index contributed by atoms with van der Waals surface area (Å²) in [6, 6.07) is 8.72. The molecule has 39 heavy (non-hydrogen) atoms. The van der Waals surface area contributed by atoms with Crippen molar-refractivity contribution in [1.29, 1.82) is 0 Å². The van der Waals surface area contributed by atoms with E-state index < -0.39 is 12.0 Å². The number of amides is 2. The Hall–Kier alpha value is -4.12. The van der Waals surface area contributed by atoms with Crippen molar-refractivity contribution in [2.24, 2.45) is 0 Å². The van der Waals surface area contributed by atoms with Gasteiger partial charge in [-0.2, -0.15) is 0 Å². The second-order valence-corrected chi connectivity index (χ2v) is 10.3. The van der Waals surface area contributed by atoms with Crippen molar-refractivity contribution < 1.29 is 19.1 Å². The van der Waals surface area contributed by atoms with Gasteiger partial charge in [-0.25, -0.2) is 9.78 Å². The molecule has 11 nitrogen and oxygen atoms in total. The van der Waals surface area contributed by atoms with Gasteiger partial charge in [-0.1, -0.05) is 23.7 Å². The predicted molar refractivity (Wildman–Crippen MR) is 147 cm³/mol. The molecule has 1 fully saturated rings. The maximum atomic E-state index is 13.9. The van der Waals surface area contributed by atoms with Gasteiger partial charge in [-0.3, -0.25) is 4.79 Å². The summed E-state index contributed by atoms with van der Waals surface area (Å²) in [5.74, 6) is 0.0899. The molecule has 4 aromatic rings. The van der Waals surface area contributed by atoms with Crippen LogP contribution in [0.1, 0.15) is 31.2 Å². The number of H-pyrrole nitrogens is 1. The van der Waals surface area contributed by atoms with Crippen LogP contribution in [0.5, 0.6) is 0 Å².